The molecule has 1 fully saturated rings. The van der Waals surface area contributed by atoms with Gasteiger partial charge in [0.15, 0.2) is 0 Å². The van der Waals surface area contributed by atoms with Gasteiger partial charge in [-0.25, -0.2) is 0 Å². The molecule has 1 aliphatic rings. The van der Waals surface area contributed by atoms with Gasteiger partial charge in [-0.15, -0.1) is 0 Å². The van der Waals surface area contributed by atoms with E-state index in [1.807, 2.05) is 35.2 Å². The fourth-order valence-electron chi connectivity index (χ4n) is 3.23. The number of piperazine rings is 1. The summed E-state index contributed by atoms with van der Waals surface area (Å²) in [6.45, 7) is 6.36. The van der Waals surface area contributed by atoms with E-state index in [4.69, 9.17) is 15.2 Å². The van der Waals surface area contributed by atoms with E-state index in [9.17, 15) is 9.59 Å². The lowest BCUT2D eigenvalue weighted by Gasteiger charge is -2.34. The van der Waals surface area contributed by atoms with Crippen LogP contribution in [0.2, 0.25) is 0 Å². The minimum atomic E-state index is -0.557. The number of nitrogens with zero attached hydrogens (tertiary/aromatic N) is 2. The average molecular weight is 397 g/mol. The number of benzene rings is 2. The highest BCUT2D eigenvalue weighted by Crippen LogP contribution is 2.25. The van der Waals surface area contributed by atoms with Gasteiger partial charge in [0.05, 0.1) is 5.56 Å². The summed E-state index contributed by atoms with van der Waals surface area (Å²) < 4.78 is 11.6. The van der Waals surface area contributed by atoms with Crippen LogP contribution in [-0.4, -0.2) is 60.9 Å². The zero-order chi connectivity index (χ0) is 20.6. The van der Waals surface area contributed by atoms with Crippen LogP contribution in [0.4, 0.5) is 0 Å². The average Bonchev–Trinajstić information content (AvgIpc) is 2.73. The Morgan fingerprint density at radius 2 is 1.72 bits per heavy atom. The first-order valence-electron chi connectivity index (χ1n) is 9.74. The van der Waals surface area contributed by atoms with Crippen molar-refractivity contribution < 1.29 is 19.1 Å². The van der Waals surface area contributed by atoms with Crippen LogP contribution in [0.5, 0.6) is 11.5 Å². The van der Waals surface area contributed by atoms with E-state index in [2.05, 4.69) is 4.90 Å². The third kappa shape index (κ3) is 5.96. The van der Waals surface area contributed by atoms with Crippen LogP contribution < -0.4 is 15.2 Å². The van der Waals surface area contributed by atoms with Gasteiger partial charge in [0, 0.05) is 39.6 Å². The highest BCUT2D eigenvalue weighted by molar-refractivity contribution is 5.96. The fourth-order valence-corrected chi connectivity index (χ4v) is 3.23. The van der Waals surface area contributed by atoms with Crippen molar-refractivity contribution in [1.82, 2.24) is 9.80 Å². The van der Waals surface area contributed by atoms with Crippen LogP contribution in [-0.2, 0) is 11.4 Å². The largest absolute Gasteiger partial charge is 0.492 e. The maximum atomic E-state index is 11.8. The SMILES string of the molecule is CC(=O)N1CCN(CCOc2ccc(OCc3ccccc3)c(C(N)=O)c2)CC1. The number of carbonyl (C=O) groups excluding carboxylic acids is 2. The standard InChI is InChI=1S/C22H27N3O4/c1-17(26)25-11-9-24(10-12-25)13-14-28-19-7-8-21(20(15-19)22(23)27)29-16-18-5-3-2-4-6-18/h2-8,15H,9-14,16H2,1H3,(H2,23,27). The van der Waals surface area contributed by atoms with Gasteiger partial charge in [0.25, 0.3) is 5.91 Å². The molecule has 0 atom stereocenters. The molecule has 29 heavy (non-hydrogen) atoms. The predicted octanol–water partition coefficient (Wildman–Crippen LogP) is 1.91. The van der Waals surface area contributed by atoms with E-state index in [0.717, 1.165) is 38.3 Å². The van der Waals surface area contributed by atoms with Crippen molar-refractivity contribution in [2.45, 2.75) is 13.5 Å². The van der Waals surface area contributed by atoms with E-state index in [1.54, 1.807) is 25.1 Å². The van der Waals surface area contributed by atoms with Crippen molar-refractivity contribution >= 4 is 11.8 Å². The Morgan fingerprint density at radius 3 is 2.38 bits per heavy atom. The molecule has 1 heterocycles. The molecule has 0 saturated carbocycles. The van der Waals surface area contributed by atoms with Crippen LogP contribution >= 0.6 is 0 Å². The van der Waals surface area contributed by atoms with E-state index < -0.39 is 5.91 Å². The van der Waals surface area contributed by atoms with E-state index in [-0.39, 0.29) is 5.91 Å². The highest BCUT2D eigenvalue weighted by Gasteiger charge is 2.18. The van der Waals surface area contributed by atoms with Gasteiger partial charge in [0.2, 0.25) is 5.91 Å². The molecule has 0 aromatic heterocycles. The minimum Gasteiger partial charge on any atom is -0.492 e. The van der Waals surface area contributed by atoms with Crippen molar-refractivity contribution in [3.8, 4) is 11.5 Å². The molecule has 0 spiro atoms. The molecule has 154 valence electrons. The van der Waals surface area contributed by atoms with Gasteiger partial charge in [-0.1, -0.05) is 30.3 Å². The molecule has 7 nitrogen and oxygen atoms in total. The molecule has 7 heteroatoms. The van der Waals surface area contributed by atoms with Crippen molar-refractivity contribution in [2.75, 3.05) is 39.3 Å². The Kier molecular flexibility index (Phi) is 7.08. The normalized spacial score (nSPS) is 14.4. The molecule has 3 rings (SSSR count). The lowest BCUT2D eigenvalue weighted by atomic mass is 10.1. The second-order valence-electron chi connectivity index (χ2n) is 6.99. The summed E-state index contributed by atoms with van der Waals surface area (Å²) >= 11 is 0. The molecule has 2 aromatic rings. The lowest BCUT2D eigenvalue weighted by molar-refractivity contribution is -0.130. The molecule has 2 N–H and O–H groups in total. The van der Waals surface area contributed by atoms with Gasteiger partial charge in [-0.3, -0.25) is 14.5 Å². The molecule has 0 unspecified atom stereocenters. The molecule has 0 radical (unpaired) electrons. The minimum absolute atomic E-state index is 0.120. The number of hydrogen-bond donors (Lipinski definition) is 1. The summed E-state index contributed by atoms with van der Waals surface area (Å²) in [4.78, 5) is 27.3. The zero-order valence-electron chi connectivity index (χ0n) is 16.7. The van der Waals surface area contributed by atoms with E-state index in [1.165, 1.54) is 0 Å². The first-order valence-corrected chi connectivity index (χ1v) is 9.74. The summed E-state index contributed by atoms with van der Waals surface area (Å²) in [5.74, 6) is 0.579. The molecular weight excluding hydrogens is 370 g/mol. The molecule has 0 bridgehead atoms. The van der Waals surface area contributed by atoms with E-state index >= 15 is 0 Å². The maximum Gasteiger partial charge on any atom is 0.252 e. The Morgan fingerprint density at radius 1 is 1.00 bits per heavy atom. The molecule has 0 aliphatic carbocycles. The first kappa shape index (κ1) is 20.7. The third-order valence-electron chi connectivity index (χ3n) is 4.95. The summed E-state index contributed by atoms with van der Waals surface area (Å²) in [5.41, 5.74) is 6.83. The molecule has 2 aromatic carbocycles. The molecule has 1 aliphatic heterocycles. The number of rotatable bonds is 8. The number of primary amides is 1. The second kappa shape index (κ2) is 9.93. The number of nitrogens with two attached hydrogens (primary N) is 1. The van der Waals surface area contributed by atoms with Crippen molar-refractivity contribution in [2.24, 2.45) is 5.73 Å². The highest BCUT2D eigenvalue weighted by atomic mass is 16.5. The van der Waals surface area contributed by atoms with Crippen molar-refractivity contribution in [3.63, 3.8) is 0 Å². The molecule has 1 saturated heterocycles. The van der Waals surface area contributed by atoms with Gasteiger partial charge >= 0.3 is 0 Å². The Hall–Kier alpha value is -3.06. The first-order chi connectivity index (χ1) is 14.0. The maximum absolute atomic E-state index is 11.8. The number of ether oxygens (including phenoxy) is 2. The number of amides is 2. The Labute approximate surface area is 171 Å². The lowest BCUT2D eigenvalue weighted by Crippen LogP contribution is -2.48. The topological polar surface area (TPSA) is 85.1 Å². The van der Waals surface area contributed by atoms with Crippen LogP contribution in [0.3, 0.4) is 0 Å². The van der Waals surface area contributed by atoms with Crippen molar-refractivity contribution in [3.05, 3.63) is 59.7 Å². The van der Waals surface area contributed by atoms with Crippen LogP contribution in [0.25, 0.3) is 0 Å². The monoisotopic (exact) mass is 397 g/mol. The second-order valence-corrected chi connectivity index (χ2v) is 6.99. The zero-order valence-corrected chi connectivity index (χ0v) is 16.7. The smallest absolute Gasteiger partial charge is 0.252 e. The number of carbonyl (C=O) groups is 2. The summed E-state index contributed by atoms with van der Waals surface area (Å²) in [5, 5.41) is 0. The van der Waals surface area contributed by atoms with Crippen LogP contribution in [0, 0.1) is 0 Å². The fraction of sp³-hybridized carbons (Fsp3) is 0.364. The third-order valence-corrected chi connectivity index (χ3v) is 4.95. The van der Waals surface area contributed by atoms with Crippen LogP contribution in [0.1, 0.15) is 22.8 Å². The van der Waals surface area contributed by atoms with Gasteiger partial charge in [-0.05, 0) is 23.8 Å². The number of hydrogen-bond acceptors (Lipinski definition) is 5. The predicted molar refractivity (Wildman–Crippen MR) is 110 cm³/mol. The van der Waals surface area contributed by atoms with Crippen LogP contribution in [0.15, 0.2) is 48.5 Å². The van der Waals surface area contributed by atoms with Gasteiger partial charge in [0.1, 0.15) is 24.7 Å². The molecular formula is C22H27N3O4. The van der Waals surface area contributed by atoms with E-state index in [0.29, 0.717) is 30.3 Å². The van der Waals surface area contributed by atoms with Gasteiger partial charge in [-0.2, -0.15) is 0 Å². The Bertz CT molecular complexity index is 833. The summed E-state index contributed by atoms with van der Waals surface area (Å²) in [6.07, 6.45) is 0. The summed E-state index contributed by atoms with van der Waals surface area (Å²) in [6, 6.07) is 14.8. The van der Waals surface area contributed by atoms with Gasteiger partial charge < -0.3 is 20.1 Å². The molecule has 2 amide bonds. The Balaban J connectivity index is 1.52. The van der Waals surface area contributed by atoms with Crippen molar-refractivity contribution in [1.29, 1.82) is 0 Å². The quantitative estimate of drug-likeness (QED) is 0.736. The summed E-state index contributed by atoms with van der Waals surface area (Å²) in [7, 11) is 0.